The molecule has 0 aliphatic carbocycles. The number of hydrogen-bond donors (Lipinski definition) is 0. The fourth-order valence-electron chi connectivity index (χ4n) is 13.2. The normalized spacial score (nSPS) is 11.1. The van der Waals surface area contributed by atoms with E-state index in [9.17, 15) is 0 Å². The van der Waals surface area contributed by atoms with Crippen LogP contribution in [0.5, 0.6) is 0 Å². The van der Waals surface area contributed by atoms with Gasteiger partial charge in [-0.15, -0.1) is 0 Å². The van der Waals surface area contributed by atoms with E-state index >= 15 is 0 Å². The van der Waals surface area contributed by atoms with Crippen molar-refractivity contribution in [2.75, 3.05) is 0 Å². The minimum Gasteiger partial charge on any atom is -0.218 e. The lowest BCUT2D eigenvalue weighted by Crippen LogP contribution is -1.93. The van der Waals surface area contributed by atoms with Gasteiger partial charge in [0.25, 0.3) is 0 Å². The van der Waals surface area contributed by atoms with Crippen molar-refractivity contribution in [1.82, 2.24) is 39.9 Å². The first kappa shape index (κ1) is 64.5. The highest BCUT2D eigenvalue weighted by atomic mass is 35.5. The zero-order valence-electron chi connectivity index (χ0n) is 54.4. The van der Waals surface area contributed by atoms with Crippen LogP contribution in [0, 0.1) is 0 Å². The summed E-state index contributed by atoms with van der Waals surface area (Å²) in [7, 11) is 0. The Morgan fingerprint density at radius 1 is 0.157 bits per heavy atom. The lowest BCUT2D eigenvalue weighted by Gasteiger charge is -2.13. The van der Waals surface area contributed by atoms with Gasteiger partial charge in [-0.3, -0.25) is 0 Å². The quantitative estimate of drug-likeness (QED) is 0.145. The maximum absolute atomic E-state index is 6.23. The summed E-state index contributed by atoms with van der Waals surface area (Å²) in [6, 6.07) is 116. The molecule has 0 aliphatic heterocycles. The third-order valence-corrected chi connectivity index (χ3v) is 18.8. The van der Waals surface area contributed by atoms with Gasteiger partial charge in [0.1, 0.15) is 0 Å². The molecule has 0 aliphatic rings. The Bertz CT molecular complexity index is 6320. The Morgan fingerprint density at radius 3 is 0.961 bits per heavy atom. The van der Waals surface area contributed by atoms with Gasteiger partial charge in [-0.05, 0) is 159 Å². The van der Waals surface area contributed by atoms with Crippen LogP contribution in [0.15, 0.2) is 340 Å². The van der Waals surface area contributed by atoms with Crippen molar-refractivity contribution in [2.24, 2.45) is 0 Å². The van der Waals surface area contributed by atoms with Gasteiger partial charge in [-0.1, -0.05) is 303 Å². The summed E-state index contributed by atoms with van der Waals surface area (Å²) in [4.78, 5) is 35.2. The maximum atomic E-state index is 6.23. The number of fused-ring (bicyclic) bond motifs is 8. The van der Waals surface area contributed by atoms with Gasteiger partial charge in [-0.25, -0.2) is 39.9 Å². The SMILES string of the molecule is Clc1nc(-c2ccc(-c3ccc4ccccc4c3)cc2)c2ccccc2n1.Clc1nc(-c2ccc(-c3cccc4ccccc34)cc2)c2ccccc2n1.Clc1nc(-c2ccc(-c3ccccc3)c3ccccc23)c2ccccc2n1.Clc1nc(-c2ccc3ccccc3c2)c2ccccc2n1. The Morgan fingerprint density at radius 2 is 0.461 bits per heavy atom. The Kier molecular flexibility index (Phi) is 18.3. The molecule has 4 heterocycles. The van der Waals surface area contributed by atoms with E-state index in [1.807, 2.05) is 115 Å². The predicted octanol–water partition coefficient (Wildman–Crippen LogP) is 25.4. The summed E-state index contributed by atoms with van der Waals surface area (Å²) in [5.74, 6) is 0. The predicted molar refractivity (Wildman–Crippen MR) is 426 cm³/mol. The minimum absolute atomic E-state index is 0.264. The van der Waals surface area contributed by atoms with Crippen LogP contribution in [-0.2, 0) is 0 Å². The van der Waals surface area contributed by atoms with Crippen molar-refractivity contribution in [1.29, 1.82) is 0 Å². The van der Waals surface area contributed by atoms with Gasteiger partial charge in [0.2, 0.25) is 21.1 Å². The Hall–Kier alpha value is -12.1. The number of nitrogens with zero attached hydrogens (tertiary/aromatic N) is 8. The van der Waals surface area contributed by atoms with Crippen LogP contribution in [0.3, 0.4) is 0 Å². The molecule has 484 valence electrons. The standard InChI is InChI=1S/3C24H15ClN2.C18H11ClN2/c25-24-26-22-11-4-3-9-21(22)23(27-24)18-14-12-17(13-15-18)20-10-5-7-16-6-1-2-8-19(16)20;25-24-26-22-8-4-3-7-21(22)23(27-24)18-12-9-17(10-13-18)20-14-11-16-5-1-2-6-19(16)15-20;25-24-26-22-13-7-6-12-21(22)23(27-24)20-15-14-17(16-8-2-1-3-9-16)18-10-4-5-11-19(18)20;19-18-20-16-8-4-3-7-15(16)17(21-18)14-10-9-12-5-1-2-6-13(12)11-14/h3*1-15H;1-11H. The van der Waals surface area contributed by atoms with E-state index in [2.05, 4.69) is 264 Å². The number of benzene rings is 15. The fourth-order valence-corrected chi connectivity index (χ4v) is 13.9. The summed E-state index contributed by atoms with van der Waals surface area (Å²) in [6.45, 7) is 0. The van der Waals surface area contributed by atoms with E-state index < -0.39 is 0 Å². The van der Waals surface area contributed by atoms with Gasteiger partial charge >= 0.3 is 0 Å². The number of aromatic nitrogens is 8. The highest BCUT2D eigenvalue weighted by Gasteiger charge is 2.17. The Balaban J connectivity index is 0.000000106. The second kappa shape index (κ2) is 29.0. The second-order valence-corrected chi connectivity index (χ2v) is 25.7. The fraction of sp³-hybridized carbons (Fsp3) is 0. The van der Waals surface area contributed by atoms with Gasteiger partial charge < -0.3 is 0 Å². The van der Waals surface area contributed by atoms with Gasteiger partial charge in [-0.2, -0.15) is 0 Å². The molecule has 0 saturated heterocycles. The van der Waals surface area contributed by atoms with Gasteiger partial charge in [0, 0.05) is 43.8 Å². The summed E-state index contributed by atoms with van der Waals surface area (Å²) in [6.07, 6.45) is 0. The molecule has 15 aromatic carbocycles. The zero-order valence-corrected chi connectivity index (χ0v) is 57.4. The molecule has 19 rings (SSSR count). The second-order valence-electron chi connectivity index (χ2n) is 24.3. The van der Waals surface area contributed by atoms with E-state index in [1.54, 1.807) is 0 Å². The summed E-state index contributed by atoms with van der Waals surface area (Å²) in [5.41, 5.74) is 18.2. The molecule has 0 atom stereocenters. The first-order valence-corrected chi connectivity index (χ1v) is 34.6. The van der Waals surface area contributed by atoms with E-state index in [0.717, 1.165) is 94.0 Å². The molecule has 8 nitrogen and oxygen atoms in total. The lowest BCUT2D eigenvalue weighted by atomic mass is 9.93. The van der Waals surface area contributed by atoms with Crippen LogP contribution in [0.25, 0.3) is 165 Å². The topological polar surface area (TPSA) is 103 Å². The van der Waals surface area contributed by atoms with Crippen molar-refractivity contribution < 1.29 is 0 Å². The average Bonchev–Trinajstić information content (AvgIpc) is 0.835. The van der Waals surface area contributed by atoms with E-state index in [0.29, 0.717) is 0 Å². The van der Waals surface area contributed by atoms with Crippen molar-refractivity contribution in [3.63, 3.8) is 0 Å². The molecule has 0 fully saturated rings. The third-order valence-electron chi connectivity index (χ3n) is 18.1. The van der Waals surface area contributed by atoms with Crippen molar-refractivity contribution in [2.45, 2.75) is 0 Å². The highest BCUT2D eigenvalue weighted by molar-refractivity contribution is 6.30. The van der Waals surface area contributed by atoms with E-state index in [-0.39, 0.29) is 21.1 Å². The molecule has 0 saturated carbocycles. The maximum Gasteiger partial charge on any atom is 0.223 e. The molecule has 12 heteroatoms. The molecule has 0 bridgehead atoms. The largest absolute Gasteiger partial charge is 0.223 e. The molecular weight excluding hydrogens is 1330 g/mol. The molecule has 0 spiro atoms. The molecule has 0 radical (unpaired) electrons. The van der Waals surface area contributed by atoms with Crippen molar-refractivity contribution in [3.05, 3.63) is 361 Å². The van der Waals surface area contributed by atoms with Crippen LogP contribution < -0.4 is 0 Å². The van der Waals surface area contributed by atoms with Gasteiger partial charge in [0.05, 0.1) is 44.8 Å². The third kappa shape index (κ3) is 13.6. The van der Waals surface area contributed by atoms with Crippen LogP contribution in [0.2, 0.25) is 21.1 Å². The Labute approximate surface area is 607 Å². The number of hydrogen-bond acceptors (Lipinski definition) is 8. The highest BCUT2D eigenvalue weighted by Crippen LogP contribution is 2.39. The first-order valence-electron chi connectivity index (χ1n) is 33.1. The molecule has 0 unspecified atom stereocenters. The monoisotopic (exact) mass is 1390 g/mol. The molecule has 0 N–H and O–H groups in total. The number of para-hydroxylation sites is 4. The van der Waals surface area contributed by atoms with Crippen molar-refractivity contribution in [3.8, 4) is 78.4 Å². The minimum atomic E-state index is 0.264. The van der Waals surface area contributed by atoms with Crippen molar-refractivity contribution >= 4 is 133 Å². The van der Waals surface area contributed by atoms with Gasteiger partial charge in [0.15, 0.2) is 0 Å². The summed E-state index contributed by atoms with van der Waals surface area (Å²) >= 11 is 24.6. The lowest BCUT2D eigenvalue weighted by molar-refractivity contribution is 1.22. The number of rotatable bonds is 7. The zero-order chi connectivity index (χ0) is 68.9. The van der Waals surface area contributed by atoms with Crippen LogP contribution in [-0.4, -0.2) is 39.9 Å². The van der Waals surface area contributed by atoms with Crippen LogP contribution in [0.1, 0.15) is 0 Å². The molecule has 0 amide bonds. The summed E-state index contributed by atoms with van der Waals surface area (Å²) < 4.78 is 0. The number of halogens is 4. The molecule has 102 heavy (non-hydrogen) atoms. The van der Waals surface area contributed by atoms with E-state index in [4.69, 9.17) is 46.4 Å². The smallest absolute Gasteiger partial charge is 0.218 e. The van der Waals surface area contributed by atoms with Crippen LogP contribution >= 0.6 is 46.4 Å². The van der Waals surface area contributed by atoms with E-state index in [1.165, 1.54) is 71.1 Å². The molecule has 4 aromatic heterocycles. The van der Waals surface area contributed by atoms with Crippen LogP contribution in [0.4, 0.5) is 0 Å². The first-order chi connectivity index (χ1) is 50.2. The molecule has 19 aromatic rings. The molecular formula is C90H56Cl4N8. The average molecular weight is 1390 g/mol. The summed E-state index contributed by atoms with van der Waals surface area (Å²) in [5, 5.41) is 14.8.